The highest BCUT2D eigenvalue weighted by Gasteiger charge is 2.29. The van der Waals surface area contributed by atoms with Crippen LogP contribution in [0.3, 0.4) is 0 Å². The van der Waals surface area contributed by atoms with Gasteiger partial charge in [0, 0.05) is 6.54 Å². The summed E-state index contributed by atoms with van der Waals surface area (Å²) in [5.41, 5.74) is 8.06. The molecule has 1 fully saturated rings. The number of aromatic nitrogens is 1. The number of nitrogen functional groups attached to an aromatic ring is 1. The van der Waals surface area contributed by atoms with Gasteiger partial charge < -0.3 is 19.8 Å². The molecule has 102 valence electrons. The van der Waals surface area contributed by atoms with Crippen LogP contribution in [0.5, 0.6) is 0 Å². The molecule has 5 heteroatoms. The molecule has 1 aromatic carbocycles. The maximum atomic E-state index is 5.93. The monoisotopic (exact) mass is 261 g/mol. The summed E-state index contributed by atoms with van der Waals surface area (Å²) in [4.78, 5) is 6.74. The third-order valence-corrected chi connectivity index (χ3v) is 3.62. The van der Waals surface area contributed by atoms with Gasteiger partial charge in [-0.25, -0.2) is 0 Å². The molecule has 0 amide bonds. The van der Waals surface area contributed by atoms with Crippen molar-refractivity contribution < 1.29 is 9.15 Å². The minimum atomic E-state index is 0.190. The van der Waals surface area contributed by atoms with Crippen molar-refractivity contribution in [2.75, 3.05) is 23.8 Å². The van der Waals surface area contributed by atoms with Gasteiger partial charge in [0.15, 0.2) is 5.58 Å². The van der Waals surface area contributed by atoms with E-state index in [9.17, 15) is 0 Å². The predicted molar refractivity (Wildman–Crippen MR) is 75.3 cm³/mol. The van der Waals surface area contributed by atoms with Crippen LogP contribution in [0.4, 0.5) is 11.7 Å². The molecule has 1 aliphatic heterocycles. The Kier molecular flexibility index (Phi) is 3.06. The molecular formula is C14H19N3O2. The molecule has 0 radical (unpaired) electrons. The summed E-state index contributed by atoms with van der Waals surface area (Å²) in [6.45, 7) is 5.72. The van der Waals surface area contributed by atoms with E-state index in [1.54, 1.807) is 0 Å². The minimum absolute atomic E-state index is 0.190. The van der Waals surface area contributed by atoms with Crippen molar-refractivity contribution in [2.45, 2.75) is 32.4 Å². The molecule has 1 aliphatic rings. The standard InChI is InChI=1S/C14H19N3O2/c1-3-10-8-18-9(2)7-17(10)14-16-13-11(15)5-4-6-12(13)19-14/h4-6,9-10H,3,7-8,15H2,1-2H3. The molecule has 19 heavy (non-hydrogen) atoms. The molecule has 3 rings (SSSR count). The molecule has 0 bridgehead atoms. The van der Waals surface area contributed by atoms with Crippen molar-refractivity contribution in [3.05, 3.63) is 18.2 Å². The maximum Gasteiger partial charge on any atom is 0.298 e. The lowest BCUT2D eigenvalue weighted by molar-refractivity contribution is 0.0279. The lowest BCUT2D eigenvalue weighted by Gasteiger charge is -2.37. The molecule has 2 heterocycles. The maximum absolute atomic E-state index is 5.93. The number of oxazole rings is 1. The van der Waals surface area contributed by atoms with Crippen molar-refractivity contribution >= 4 is 22.8 Å². The van der Waals surface area contributed by atoms with Crippen LogP contribution < -0.4 is 10.6 Å². The SMILES string of the molecule is CCC1COC(C)CN1c1nc2c(N)cccc2o1. The molecule has 1 saturated heterocycles. The largest absolute Gasteiger partial charge is 0.423 e. The molecule has 2 unspecified atom stereocenters. The Morgan fingerprint density at radius 2 is 2.32 bits per heavy atom. The van der Waals surface area contributed by atoms with Gasteiger partial charge in [0.1, 0.15) is 5.52 Å². The van der Waals surface area contributed by atoms with Crippen LogP contribution in [0.15, 0.2) is 22.6 Å². The number of hydrogen-bond donors (Lipinski definition) is 1. The van der Waals surface area contributed by atoms with Crippen LogP contribution in [0, 0.1) is 0 Å². The molecule has 5 nitrogen and oxygen atoms in total. The Bertz CT molecular complexity index is 581. The summed E-state index contributed by atoms with van der Waals surface area (Å²) in [6.07, 6.45) is 1.19. The zero-order valence-electron chi connectivity index (χ0n) is 11.3. The van der Waals surface area contributed by atoms with Crippen LogP contribution in [-0.2, 0) is 4.74 Å². The molecular weight excluding hydrogens is 242 g/mol. The Hall–Kier alpha value is -1.75. The summed E-state index contributed by atoms with van der Waals surface area (Å²) in [5, 5.41) is 0. The van der Waals surface area contributed by atoms with Gasteiger partial charge in [-0.2, -0.15) is 4.98 Å². The molecule has 2 N–H and O–H groups in total. The first-order chi connectivity index (χ1) is 9.19. The highest BCUT2D eigenvalue weighted by molar-refractivity contribution is 5.86. The fraction of sp³-hybridized carbons (Fsp3) is 0.500. The van der Waals surface area contributed by atoms with Crippen molar-refractivity contribution in [1.82, 2.24) is 4.98 Å². The van der Waals surface area contributed by atoms with Gasteiger partial charge in [-0.05, 0) is 25.5 Å². The van der Waals surface area contributed by atoms with E-state index < -0.39 is 0 Å². The first-order valence-corrected chi connectivity index (χ1v) is 6.72. The zero-order chi connectivity index (χ0) is 13.4. The molecule has 2 aromatic rings. The smallest absolute Gasteiger partial charge is 0.298 e. The van der Waals surface area contributed by atoms with Crippen molar-refractivity contribution in [3.63, 3.8) is 0 Å². The second-order valence-corrected chi connectivity index (χ2v) is 5.05. The fourth-order valence-electron chi connectivity index (χ4n) is 2.50. The highest BCUT2D eigenvalue weighted by Crippen LogP contribution is 2.29. The fourth-order valence-corrected chi connectivity index (χ4v) is 2.50. The first-order valence-electron chi connectivity index (χ1n) is 6.72. The normalized spacial score (nSPS) is 24.0. The Balaban J connectivity index is 1.99. The van der Waals surface area contributed by atoms with Gasteiger partial charge in [0.05, 0.1) is 24.4 Å². The third-order valence-electron chi connectivity index (χ3n) is 3.62. The van der Waals surface area contributed by atoms with Gasteiger partial charge in [-0.1, -0.05) is 13.0 Å². The number of nitrogens with two attached hydrogens (primary N) is 1. The van der Waals surface area contributed by atoms with Gasteiger partial charge in [0.25, 0.3) is 6.01 Å². The van der Waals surface area contributed by atoms with Crippen LogP contribution in [-0.4, -0.2) is 30.3 Å². The molecule has 0 saturated carbocycles. The number of benzene rings is 1. The summed E-state index contributed by atoms with van der Waals surface area (Å²) in [5.74, 6) is 0. The molecule has 1 aromatic heterocycles. The quantitative estimate of drug-likeness (QED) is 0.841. The van der Waals surface area contributed by atoms with Gasteiger partial charge in [-0.3, -0.25) is 0 Å². The second-order valence-electron chi connectivity index (χ2n) is 5.05. The zero-order valence-corrected chi connectivity index (χ0v) is 11.3. The highest BCUT2D eigenvalue weighted by atomic mass is 16.5. The van der Waals surface area contributed by atoms with Crippen molar-refractivity contribution in [3.8, 4) is 0 Å². The van der Waals surface area contributed by atoms with E-state index in [1.165, 1.54) is 0 Å². The lowest BCUT2D eigenvalue weighted by Crippen LogP contribution is -2.48. The van der Waals surface area contributed by atoms with Crippen LogP contribution in [0.2, 0.25) is 0 Å². The number of ether oxygens (including phenoxy) is 1. The first kappa shape index (κ1) is 12.3. The second kappa shape index (κ2) is 4.74. The average Bonchev–Trinajstić information content (AvgIpc) is 2.84. The number of para-hydroxylation sites is 1. The van der Waals surface area contributed by atoms with E-state index in [-0.39, 0.29) is 6.10 Å². The lowest BCUT2D eigenvalue weighted by atomic mass is 10.1. The number of anilines is 2. The average molecular weight is 261 g/mol. The van der Waals surface area contributed by atoms with E-state index >= 15 is 0 Å². The van der Waals surface area contributed by atoms with E-state index in [0.717, 1.165) is 24.1 Å². The molecule has 2 atom stereocenters. The molecule has 0 aliphatic carbocycles. The van der Waals surface area contributed by atoms with Crippen LogP contribution in [0.1, 0.15) is 20.3 Å². The molecule has 0 spiro atoms. The Morgan fingerprint density at radius 1 is 1.47 bits per heavy atom. The van der Waals surface area contributed by atoms with E-state index in [1.807, 2.05) is 18.2 Å². The summed E-state index contributed by atoms with van der Waals surface area (Å²) < 4.78 is 11.5. The van der Waals surface area contributed by atoms with Gasteiger partial charge >= 0.3 is 0 Å². The number of hydrogen-bond acceptors (Lipinski definition) is 5. The Labute approximate surface area is 112 Å². The van der Waals surface area contributed by atoms with Gasteiger partial charge in [-0.15, -0.1) is 0 Å². The minimum Gasteiger partial charge on any atom is -0.423 e. The number of morpholine rings is 1. The van der Waals surface area contributed by atoms with Crippen LogP contribution >= 0.6 is 0 Å². The van der Waals surface area contributed by atoms with Crippen LogP contribution in [0.25, 0.3) is 11.1 Å². The number of rotatable bonds is 2. The number of nitrogens with zero attached hydrogens (tertiary/aromatic N) is 2. The van der Waals surface area contributed by atoms with E-state index in [0.29, 0.717) is 24.4 Å². The van der Waals surface area contributed by atoms with E-state index in [4.69, 9.17) is 14.9 Å². The van der Waals surface area contributed by atoms with Crippen molar-refractivity contribution in [1.29, 1.82) is 0 Å². The third kappa shape index (κ3) is 2.14. The summed E-state index contributed by atoms with van der Waals surface area (Å²) in [7, 11) is 0. The van der Waals surface area contributed by atoms with Gasteiger partial charge in [0.2, 0.25) is 0 Å². The van der Waals surface area contributed by atoms with Crippen molar-refractivity contribution in [2.24, 2.45) is 0 Å². The summed E-state index contributed by atoms with van der Waals surface area (Å²) in [6, 6.07) is 6.58. The Morgan fingerprint density at radius 3 is 3.05 bits per heavy atom. The predicted octanol–water partition coefficient (Wildman–Crippen LogP) is 2.41. The number of fused-ring (bicyclic) bond motifs is 1. The van der Waals surface area contributed by atoms with E-state index in [2.05, 4.69) is 23.7 Å². The topological polar surface area (TPSA) is 64.5 Å². The summed E-state index contributed by atoms with van der Waals surface area (Å²) >= 11 is 0.